The normalized spacial score (nSPS) is 14.0. The third-order valence-corrected chi connectivity index (χ3v) is 23.7. The third kappa shape index (κ3) is 82.6. The second-order valence-corrected chi connectivity index (χ2v) is 36.3. The maximum Gasteiger partial charge on any atom is 0.472 e. The zero-order valence-electron chi connectivity index (χ0n) is 72.6. The van der Waals surface area contributed by atoms with Crippen molar-refractivity contribution < 1.29 is 80.2 Å². The Balaban J connectivity index is 5.24. The number of aliphatic hydroxyl groups excluding tert-OH is 1. The highest BCUT2D eigenvalue weighted by molar-refractivity contribution is 7.47. The van der Waals surface area contributed by atoms with E-state index < -0.39 is 97.5 Å². The molecule has 0 radical (unpaired) electrons. The van der Waals surface area contributed by atoms with Crippen LogP contribution in [0.2, 0.25) is 0 Å². The first-order chi connectivity index (χ1) is 53.4. The fraction of sp³-hybridized carbons (Fsp3) is 0.956. The van der Waals surface area contributed by atoms with E-state index >= 15 is 0 Å². The van der Waals surface area contributed by atoms with Gasteiger partial charge in [0, 0.05) is 25.7 Å². The number of hydrogen-bond donors (Lipinski definition) is 3. The van der Waals surface area contributed by atoms with E-state index in [4.69, 9.17) is 37.0 Å². The molecule has 17 nitrogen and oxygen atoms in total. The first-order valence-corrected chi connectivity index (χ1v) is 50.0. The average molecular weight is 1610 g/mol. The van der Waals surface area contributed by atoms with Gasteiger partial charge in [-0.25, -0.2) is 9.13 Å². The van der Waals surface area contributed by atoms with Crippen molar-refractivity contribution in [3.63, 3.8) is 0 Å². The van der Waals surface area contributed by atoms with Crippen molar-refractivity contribution in [1.82, 2.24) is 0 Å². The first kappa shape index (κ1) is 108. The van der Waals surface area contributed by atoms with Crippen LogP contribution in [0.25, 0.3) is 0 Å². The molecule has 0 aromatic heterocycles. The highest BCUT2D eigenvalue weighted by Crippen LogP contribution is 2.45. The molecule has 6 atom stereocenters. The highest BCUT2D eigenvalue weighted by Gasteiger charge is 2.31. The minimum Gasteiger partial charge on any atom is -0.462 e. The van der Waals surface area contributed by atoms with Crippen molar-refractivity contribution in [3.05, 3.63) is 0 Å². The molecule has 0 amide bonds. The van der Waals surface area contributed by atoms with Gasteiger partial charge >= 0.3 is 39.5 Å². The van der Waals surface area contributed by atoms with E-state index in [0.717, 1.165) is 102 Å². The molecule has 0 fully saturated rings. The zero-order valence-corrected chi connectivity index (χ0v) is 74.4. The first-order valence-electron chi connectivity index (χ1n) is 47.0. The molecule has 0 aliphatic rings. The van der Waals surface area contributed by atoms with E-state index in [0.29, 0.717) is 25.7 Å². The maximum atomic E-state index is 13.2. The molecule has 110 heavy (non-hydrogen) atoms. The Morgan fingerprint density at radius 2 is 0.464 bits per heavy atom. The molecule has 0 aromatic rings. The Hall–Kier alpha value is -1.94. The number of phosphoric ester groups is 2. The van der Waals surface area contributed by atoms with Crippen LogP contribution in [0.3, 0.4) is 0 Å². The van der Waals surface area contributed by atoms with Crippen LogP contribution >= 0.6 is 15.6 Å². The number of esters is 4. The summed E-state index contributed by atoms with van der Waals surface area (Å²) in [4.78, 5) is 73.4. The predicted molar refractivity (Wildman–Crippen MR) is 455 cm³/mol. The Morgan fingerprint density at radius 3 is 0.691 bits per heavy atom. The molecule has 0 saturated carbocycles. The number of aliphatic hydroxyl groups is 1. The van der Waals surface area contributed by atoms with Gasteiger partial charge in [0.1, 0.15) is 19.3 Å². The van der Waals surface area contributed by atoms with Crippen molar-refractivity contribution in [2.45, 2.75) is 509 Å². The number of rotatable bonds is 90. The fourth-order valence-corrected chi connectivity index (χ4v) is 15.9. The van der Waals surface area contributed by atoms with E-state index in [9.17, 15) is 43.2 Å². The summed E-state index contributed by atoms with van der Waals surface area (Å²) < 4.78 is 69.1. The molecule has 0 aromatic carbocycles. The highest BCUT2D eigenvalue weighted by atomic mass is 31.2. The number of phosphoric acid groups is 2. The van der Waals surface area contributed by atoms with Crippen LogP contribution in [0.15, 0.2) is 0 Å². The van der Waals surface area contributed by atoms with E-state index in [-0.39, 0.29) is 25.7 Å². The van der Waals surface area contributed by atoms with Gasteiger partial charge < -0.3 is 33.8 Å². The maximum absolute atomic E-state index is 13.2. The van der Waals surface area contributed by atoms with Crippen LogP contribution in [0.4, 0.5) is 0 Å². The molecule has 3 unspecified atom stereocenters. The molecular weight excluding hydrogens is 1430 g/mol. The van der Waals surface area contributed by atoms with Crippen LogP contribution in [0, 0.1) is 11.8 Å². The number of ether oxygens (including phenoxy) is 4. The van der Waals surface area contributed by atoms with Crippen LogP contribution in [0.1, 0.15) is 491 Å². The quantitative estimate of drug-likeness (QED) is 0.0222. The van der Waals surface area contributed by atoms with Gasteiger partial charge in [0.25, 0.3) is 0 Å². The minimum atomic E-state index is -4.97. The molecule has 0 saturated heterocycles. The second-order valence-electron chi connectivity index (χ2n) is 33.4. The lowest BCUT2D eigenvalue weighted by Crippen LogP contribution is -2.30. The van der Waals surface area contributed by atoms with Crippen LogP contribution in [-0.2, 0) is 65.4 Å². The SMILES string of the molecule is CCCCCCCCCCCCCCCCCCCCCCCC(=O)OC[C@H](COP(=O)(O)OC[C@@H](O)COP(=O)(O)OC[C@@H](COC(=O)CCCCCCCCCCC(C)CC)OC(=O)CCCCCCCCCCCCCCCCCC)OC(=O)CCCCCCCCCCCCCCCCCCCCC(C)C. The number of carbonyl (C=O) groups is 4. The third-order valence-electron chi connectivity index (χ3n) is 21.8. The second kappa shape index (κ2) is 82.2. The minimum absolute atomic E-state index is 0.108. The molecule has 0 heterocycles. The number of unbranched alkanes of at least 4 members (excludes halogenated alkanes) is 59. The van der Waals surface area contributed by atoms with Gasteiger partial charge in [-0.05, 0) is 37.5 Å². The van der Waals surface area contributed by atoms with Crippen molar-refractivity contribution in [3.8, 4) is 0 Å². The van der Waals surface area contributed by atoms with Crippen LogP contribution < -0.4 is 0 Å². The molecule has 0 bridgehead atoms. The van der Waals surface area contributed by atoms with Gasteiger partial charge in [-0.3, -0.25) is 37.3 Å². The molecule has 0 rings (SSSR count). The molecule has 654 valence electrons. The van der Waals surface area contributed by atoms with E-state index in [1.54, 1.807) is 0 Å². The lowest BCUT2D eigenvalue weighted by molar-refractivity contribution is -0.161. The predicted octanol–water partition coefficient (Wildman–Crippen LogP) is 28.2. The summed E-state index contributed by atoms with van der Waals surface area (Å²) in [5.41, 5.74) is 0. The monoisotopic (exact) mass is 1610 g/mol. The van der Waals surface area contributed by atoms with Crippen molar-refractivity contribution in [2.24, 2.45) is 11.8 Å². The average Bonchev–Trinajstić information content (AvgIpc) is 0.897. The van der Waals surface area contributed by atoms with Gasteiger partial charge in [0.05, 0.1) is 26.4 Å². The van der Waals surface area contributed by atoms with Gasteiger partial charge in [-0.2, -0.15) is 0 Å². The van der Waals surface area contributed by atoms with Crippen LogP contribution in [0.5, 0.6) is 0 Å². The van der Waals surface area contributed by atoms with Crippen molar-refractivity contribution in [1.29, 1.82) is 0 Å². The summed E-state index contributed by atoms with van der Waals surface area (Å²) in [6.45, 7) is 9.74. The standard InChI is InChI=1S/C91H178O17P2/c1-7-10-12-14-16-18-20-22-24-26-27-28-29-33-37-40-44-48-55-61-67-73-88(93)101-79-86(107-90(95)76-70-64-58-50-46-42-38-34-31-30-32-35-39-43-47-53-59-65-71-83(4)5)81-105-109(97,98)103-77-85(92)78-104-110(99,100)106-82-87(80-102-89(94)74-68-62-56-52-51-54-60-66-72-84(6)9-3)108-91(96)75-69-63-57-49-45-41-36-25-23-21-19-17-15-13-11-8-2/h83-87,92H,7-82H2,1-6H3,(H,97,98)(H,99,100)/t84?,85-,86-,87-/m1/s1. The lowest BCUT2D eigenvalue weighted by atomic mass is 9.99. The van der Waals surface area contributed by atoms with E-state index in [1.807, 2.05) is 0 Å². The Bertz CT molecular complexity index is 2100. The Labute approximate surface area is 677 Å². The molecule has 0 spiro atoms. The molecule has 0 aliphatic heterocycles. The van der Waals surface area contributed by atoms with Gasteiger partial charge in [-0.15, -0.1) is 0 Å². The zero-order chi connectivity index (χ0) is 80.6. The molecule has 0 aliphatic carbocycles. The number of hydrogen-bond acceptors (Lipinski definition) is 15. The van der Waals surface area contributed by atoms with Gasteiger partial charge in [0.15, 0.2) is 12.2 Å². The van der Waals surface area contributed by atoms with Crippen molar-refractivity contribution >= 4 is 39.5 Å². The smallest absolute Gasteiger partial charge is 0.462 e. The molecular formula is C91H178O17P2. The van der Waals surface area contributed by atoms with Gasteiger partial charge in [0.2, 0.25) is 0 Å². The summed E-state index contributed by atoms with van der Waals surface area (Å²) in [7, 11) is -9.94. The summed E-state index contributed by atoms with van der Waals surface area (Å²) in [5, 5.41) is 10.7. The molecule has 3 N–H and O–H groups in total. The van der Waals surface area contributed by atoms with Gasteiger partial charge in [-0.1, -0.05) is 440 Å². The van der Waals surface area contributed by atoms with E-state index in [1.165, 1.54) is 308 Å². The number of carbonyl (C=O) groups excluding carboxylic acids is 4. The Morgan fingerprint density at radius 1 is 0.264 bits per heavy atom. The van der Waals surface area contributed by atoms with Crippen LogP contribution in [-0.4, -0.2) is 96.7 Å². The van der Waals surface area contributed by atoms with Crippen molar-refractivity contribution in [2.75, 3.05) is 39.6 Å². The summed E-state index contributed by atoms with van der Waals surface area (Å²) in [5.74, 6) is -0.498. The fourth-order valence-electron chi connectivity index (χ4n) is 14.3. The Kier molecular flexibility index (Phi) is 80.7. The summed E-state index contributed by atoms with van der Waals surface area (Å²) in [6, 6.07) is 0. The lowest BCUT2D eigenvalue weighted by Gasteiger charge is -2.21. The largest absolute Gasteiger partial charge is 0.472 e. The summed E-state index contributed by atoms with van der Waals surface area (Å²) in [6.07, 6.45) is 76.4. The topological polar surface area (TPSA) is 237 Å². The summed E-state index contributed by atoms with van der Waals surface area (Å²) >= 11 is 0. The van der Waals surface area contributed by atoms with E-state index in [2.05, 4.69) is 41.5 Å². The molecule has 19 heteroatoms.